The average molecular weight is 227 g/mol. The van der Waals surface area contributed by atoms with Crippen LogP contribution in [0.3, 0.4) is 0 Å². The lowest BCUT2D eigenvalue weighted by atomic mass is 9.65. The fourth-order valence-corrected chi connectivity index (χ4v) is 3.05. The molecule has 3 heterocycles. The number of rotatable bonds is 3. The van der Waals surface area contributed by atoms with Gasteiger partial charge in [0.1, 0.15) is 0 Å². The van der Waals surface area contributed by atoms with Gasteiger partial charge in [0, 0.05) is 12.0 Å². The van der Waals surface area contributed by atoms with Gasteiger partial charge in [0.25, 0.3) is 5.97 Å². The number of hydrogen-bond acceptors (Lipinski definition) is 4. The molecule has 0 atom stereocenters. The van der Waals surface area contributed by atoms with Crippen molar-refractivity contribution in [2.75, 3.05) is 33.4 Å². The van der Waals surface area contributed by atoms with Crippen LogP contribution < -0.4 is 5.32 Å². The van der Waals surface area contributed by atoms with Crippen LogP contribution in [0.5, 0.6) is 0 Å². The molecule has 1 N–H and O–H groups in total. The summed E-state index contributed by atoms with van der Waals surface area (Å²) in [5.74, 6) is -0.758. The van der Waals surface area contributed by atoms with E-state index in [1.54, 1.807) is 0 Å². The second-order valence-electron chi connectivity index (χ2n) is 5.90. The smallest absolute Gasteiger partial charge is 0.290 e. The molecule has 3 saturated heterocycles. The van der Waals surface area contributed by atoms with Gasteiger partial charge in [-0.25, -0.2) is 0 Å². The standard InChI is InChI=1S/C12H21NO3/c1-10-7-14-12(15-8-10,16-9-10)11(6-13-2)4-3-5-11/h13H,3-9H2,1-2H3. The van der Waals surface area contributed by atoms with E-state index >= 15 is 0 Å². The van der Waals surface area contributed by atoms with E-state index in [4.69, 9.17) is 14.2 Å². The molecule has 0 aromatic carbocycles. The Morgan fingerprint density at radius 1 is 1.06 bits per heavy atom. The van der Waals surface area contributed by atoms with Crippen LogP contribution >= 0.6 is 0 Å². The van der Waals surface area contributed by atoms with E-state index in [9.17, 15) is 0 Å². The zero-order valence-corrected chi connectivity index (χ0v) is 10.2. The maximum absolute atomic E-state index is 5.94. The van der Waals surface area contributed by atoms with Gasteiger partial charge < -0.3 is 19.5 Å². The number of ether oxygens (including phenoxy) is 3. The Bertz CT molecular complexity index is 263. The summed E-state index contributed by atoms with van der Waals surface area (Å²) >= 11 is 0. The lowest BCUT2D eigenvalue weighted by molar-refractivity contribution is -0.510. The summed E-state index contributed by atoms with van der Waals surface area (Å²) in [6.45, 7) is 5.35. The monoisotopic (exact) mass is 227 g/mol. The molecule has 0 amide bonds. The van der Waals surface area contributed by atoms with Crippen LogP contribution in [0.4, 0.5) is 0 Å². The summed E-state index contributed by atoms with van der Waals surface area (Å²) in [7, 11) is 1.98. The van der Waals surface area contributed by atoms with Crippen molar-refractivity contribution in [3.8, 4) is 0 Å². The molecule has 0 unspecified atom stereocenters. The van der Waals surface area contributed by atoms with Gasteiger partial charge in [0.2, 0.25) is 0 Å². The summed E-state index contributed by atoms with van der Waals surface area (Å²) in [4.78, 5) is 0. The average Bonchev–Trinajstić information content (AvgIpc) is 2.25. The van der Waals surface area contributed by atoms with Crippen LogP contribution in [-0.2, 0) is 14.2 Å². The zero-order valence-electron chi connectivity index (χ0n) is 10.2. The quantitative estimate of drug-likeness (QED) is 0.784. The van der Waals surface area contributed by atoms with Gasteiger partial charge in [-0.2, -0.15) is 0 Å². The Morgan fingerprint density at radius 3 is 2.00 bits per heavy atom. The van der Waals surface area contributed by atoms with Gasteiger partial charge in [0.15, 0.2) is 0 Å². The molecular weight excluding hydrogens is 206 g/mol. The highest BCUT2D eigenvalue weighted by Crippen LogP contribution is 2.56. The molecule has 16 heavy (non-hydrogen) atoms. The lowest BCUT2D eigenvalue weighted by Gasteiger charge is -2.60. The van der Waals surface area contributed by atoms with E-state index in [1.807, 2.05) is 7.05 Å². The molecule has 1 aliphatic carbocycles. The fraction of sp³-hybridized carbons (Fsp3) is 1.00. The summed E-state index contributed by atoms with van der Waals surface area (Å²) < 4.78 is 17.8. The molecule has 0 spiro atoms. The molecule has 4 nitrogen and oxygen atoms in total. The zero-order chi connectivity index (χ0) is 11.3. The molecule has 0 aromatic heterocycles. The lowest BCUT2D eigenvalue weighted by Crippen LogP contribution is -2.69. The maximum atomic E-state index is 5.94. The predicted molar refractivity (Wildman–Crippen MR) is 58.9 cm³/mol. The minimum atomic E-state index is -0.758. The summed E-state index contributed by atoms with van der Waals surface area (Å²) in [5, 5.41) is 3.25. The molecule has 1 saturated carbocycles. The van der Waals surface area contributed by atoms with Crippen LogP contribution in [0.15, 0.2) is 0 Å². The second kappa shape index (κ2) is 3.42. The highest BCUT2D eigenvalue weighted by molar-refractivity contribution is 5.01. The maximum Gasteiger partial charge on any atom is 0.290 e. The van der Waals surface area contributed by atoms with Crippen molar-refractivity contribution in [3.63, 3.8) is 0 Å². The molecule has 4 aliphatic rings. The minimum absolute atomic E-state index is 0.0312. The van der Waals surface area contributed by atoms with Crippen LogP contribution in [0.1, 0.15) is 26.2 Å². The van der Waals surface area contributed by atoms with E-state index in [0.717, 1.165) is 39.2 Å². The van der Waals surface area contributed by atoms with Crippen LogP contribution in [0.2, 0.25) is 0 Å². The summed E-state index contributed by atoms with van der Waals surface area (Å²) in [6.07, 6.45) is 3.51. The van der Waals surface area contributed by atoms with E-state index < -0.39 is 5.97 Å². The summed E-state index contributed by atoms with van der Waals surface area (Å²) in [6, 6.07) is 0. The molecule has 3 aliphatic heterocycles. The fourth-order valence-electron chi connectivity index (χ4n) is 3.05. The third kappa shape index (κ3) is 1.30. The van der Waals surface area contributed by atoms with Crippen molar-refractivity contribution in [3.05, 3.63) is 0 Å². The van der Waals surface area contributed by atoms with Crippen molar-refractivity contribution in [1.82, 2.24) is 5.32 Å². The summed E-state index contributed by atoms with van der Waals surface area (Å²) in [5.41, 5.74) is 0.0931. The minimum Gasteiger partial charge on any atom is -0.326 e. The van der Waals surface area contributed by atoms with Gasteiger partial charge in [-0.3, -0.25) is 0 Å². The van der Waals surface area contributed by atoms with Crippen molar-refractivity contribution in [2.24, 2.45) is 10.8 Å². The number of hydrogen-bond donors (Lipinski definition) is 1. The van der Waals surface area contributed by atoms with Crippen molar-refractivity contribution in [2.45, 2.75) is 32.2 Å². The van der Waals surface area contributed by atoms with Crippen molar-refractivity contribution < 1.29 is 14.2 Å². The Morgan fingerprint density at radius 2 is 1.62 bits per heavy atom. The van der Waals surface area contributed by atoms with Gasteiger partial charge in [-0.05, 0) is 19.9 Å². The normalized spacial score (nSPS) is 45.4. The molecule has 4 fully saturated rings. The molecule has 4 rings (SSSR count). The third-order valence-corrected chi connectivity index (χ3v) is 4.31. The molecule has 0 aromatic rings. The highest BCUT2D eigenvalue weighted by Gasteiger charge is 2.64. The molecule has 92 valence electrons. The second-order valence-corrected chi connectivity index (χ2v) is 5.90. The largest absolute Gasteiger partial charge is 0.326 e. The Balaban J connectivity index is 1.83. The SMILES string of the molecule is CNCC1(C23OCC(C)(CO2)CO3)CCC1. The Labute approximate surface area is 96.6 Å². The molecule has 2 bridgehead atoms. The van der Waals surface area contributed by atoms with E-state index in [-0.39, 0.29) is 10.8 Å². The van der Waals surface area contributed by atoms with E-state index in [2.05, 4.69) is 12.2 Å². The van der Waals surface area contributed by atoms with Gasteiger partial charge in [0.05, 0.1) is 25.2 Å². The predicted octanol–water partition coefficient (Wildman–Crippen LogP) is 1.11. The first-order chi connectivity index (χ1) is 7.64. The third-order valence-electron chi connectivity index (χ3n) is 4.31. The van der Waals surface area contributed by atoms with Gasteiger partial charge >= 0.3 is 0 Å². The van der Waals surface area contributed by atoms with Crippen molar-refractivity contribution >= 4 is 0 Å². The molecule has 4 heteroatoms. The number of fused-ring (bicyclic) bond motifs is 3. The van der Waals surface area contributed by atoms with Crippen molar-refractivity contribution in [1.29, 1.82) is 0 Å². The highest BCUT2D eigenvalue weighted by atomic mass is 16.9. The molecular formula is C12H21NO3. The topological polar surface area (TPSA) is 39.7 Å². The van der Waals surface area contributed by atoms with Gasteiger partial charge in [-0.15, -0.1) is 0 Å². The molecule has 0 radical (unpaired) electrons. The van der Waals surface area contributed by atoms with Crippen LogP contribution in [-0.4, -0.2) is 39.4 Å². The van der Waals surface area contributed by atoms with Crippen LogP contribution in [0, 0.1) is 10.8 Å². The van der Waals surface area contributed by atoms with E-state index in [1.165, 1.54) is 6.42 Å². The first-order valence-electron chi connectivity index (χ1n) is 6.20. The number of nitrogens with one attached hydrogen (secondary N) is 1. The Hall–Kier alpha value is -0.160. The van der Waals surface area contributed by atoms with Gasteiger partial charge in [-0.1, -0.05) is 13.3 Å². The first kappa shape index (κ1) is 11.0. The first-order valence-corrected chi connectivity index (χ1v) is 6.20. The van der Waals surface area contributed by atoms with Crippen LogP contribution in [0.25, 0.3) is 0 Å². The Kier molecular flexibility index (Phi) is 2.34. The van der Waals surface area contributed by atoms with E-state index in [0.29, 0.717) is 0 Å².